The fraction of sp³-hybridized carbons (Fsp3) is 0.562. The van der Waals surface area contributed by atoms with E-state index in [0.29, 0.717) is 18.5 Å². The van der Waals surface area contributed by atoms with Gasteiger partial charge in [0.15, 0.2) is 0 Å². The number of rotatable bonds is 5. The van der Waals surface area contributed by atoms with Crippen LogP contribution in [0, 0.1) is 5.92 Å². The zero-order valence-corrected chi connectivity index (χ0v) is 12.9. The molecule has 3 unspecified atom stereocenters. The molecule has 0 saturated carbocycles. The monoisotopic (exact) mass is 290 g/mol. The molecule has 1 heterocycles. The van der Waals surface area contributed by atoms with Crippen LogP contribution in [0.2, 0.25) is 0 Å². The fourth-order valence-corrected chi connectivity index (χ4v) is 3.07. The molecule has 0 aliphatic carbocycles. The van der Waals surface area contributed by atoms with Crippen LogP contribution in [0.1, 0.15) is 24.8 Å². The third-order valence-corrected chi connectivity index (χ3v) is 4.37. The molecule has 1 aliphatic rings. The largest absolute Gasteiger partial charge is 0.409 e. The molecule has 0 amide bonds. The summed E-state index contributed by atoms with van der Waals surface area (Å²) in [5, 5.41) is 15.8. The highest BCUT2D eigenvalue weighted by atomic mass is 16.4. The Bertz CT molecular complexity index is 463. The Morgan fingerprint density at radius 1 is 1.48 bits per heavy atom. The zero-order valence-electron chi connectivity index (χ0n) is 12.9. The molecule has 4 N–H and O–H groups in total. The maximum Gasteiger partial charge on any atom is 0.147 e. The van der Waals surface area contributed by atoms with Crippen LogP contribution in [0.4, 0.5) is 0 Å². The van der Waals surface area contributed by atoms with Crippen LogP contribution in [0.5, 0.6) is 0 Å². The lowest BCUT2D eigenvalue weighted by molar-refractivity contribution is 0.175. The van der Waals surface area contributed by atoms with Gasteiger partial charge in [-0.05, 0) is 31.5 Å². The van der Waals surface area contributed by atoms with Crippen molar-refractivity contribution in [3.8, 4) is 0 Å². The lowest BCUT2D eigenvalue weighted by atomic mass is 9.92. The van der Waals surface area contributed by atoms with Crippen molar-refractivity contribution in [2.45, 2.75) is 25.3 Å². The van der Waals surface area contributed by atoms with Crippen LogP contribution in [-0.2, 0) is 0 Å². The topological polar surface area (TPSA) is 73.9 Å². The Hall–Kier alpha value is -1.59. The third kappa shape index (κ3) is 4.19. The predicted octanol–water partition coefficient (Wildman–Crippen LogP) is 1.45. The Kier molecular flexibility index (Phi) is 5.59. The maximum atomic E-state index is 9.02. The third-order valence-electron chi connectivity index (χ3n) is 4.37. The Balaban J connectivity index is 2.00. The molecule has 0 aromatic heterocycles. The average molecular weight is 290 g/mol. The molecule has 3 atom stereocenters. The summed E-state index contributed by atoms with van der Waals surface area (Å²) in [5.74, 6) is 0.768. The first-order valence-corrected chi connectivity index (χ1v) is 7.56. The summed E-state index contributed by atoms with van der Waals surface area (Å²) in [7, 11) is 2.16. The van der Waals surface area contributed by atoms with Crippen LogP contribution in [0.25, 0.3) is 0 Å². The van der Waals surface area contributed by atoms with E-state index in [1.807, 2.05) is 30.3 Å². The highest BCUT2D eigenvalue weighted by Gasteiger charge is 2.25. The molecule has 5 nitrogen and oxygen atoms in total. The van der Waals surface area contributed by atoms with Crippen molar-refractivity contribution < 1.29 is 5.21 Å². The van der Waals surface area contributed by atoms with Crippen LogP contribution in [0.15, 0.2) is 35.5 Å². The molecular formula is C16H26N4O. The van der Waals surface area contributed by atoms with Crippen LogP contribution in [-0.4, -0.2) is 48.7 Å². The van der Waals surface area contributed by atoms with Crippen LogP contribution < -0.4 is 11.1 Å². The molecule has 21 heavy (non-hydrogen) atoms. The van der Waals surface area contributed by atoms with E-state index in [9.17, 15) is 0 Å². The average Bonchev–Trinajstić information content (AvgIpc) is 2.50. The first kappa shape index (κ1) is 15.8. The first-order valence-electron chi connectivity index (χ1n) is 7.56. The number of amidine groups is 1. The first-order chi connectivity index (χ1) is 10.1. The van der Waals surface area contributed by atoms with Gasteiger partial charge in [0.25, 0.3) is 0 Å². The molecule has 0 bridgehead atoms. The van der Waals surface area contributed by atoms with Gasteiger partial charge in [-0.1, -0.05) is 42.4 Å². The van der Waals surface area contributed by atoms with E-state index in [4.69, 9.17) is 10.9 Å². The SMILES string of the molecule is CC1CN(C)CCC1NCC(/C(N)=N/O)c1ccccc1. The van der Waals surface area contributed by atoms with Crippen LogP contribution in [0.3, 0.4) is 0 Å². The molecule has 5 heteroatoms. The van der Waals surface area contributed by atoms with E-state index in [0.717, 1.165) is 25.1 Å². The second-order valence-electron chi connectivity index (χ2n) is 6.03. The van der Waals surface area contributed by atoms with Crippen molar-refractivity contribution in [3.05, 3.63) is 35.9 Å². The lowest BCUT2D eigenvalue weighted by Gasteiger charge is -2.36. The van der Waals surface area contributed by atoms with Gasteiger partial charge < -0.3 is 21.2 Å². The second kappa shape index (κ2) is 7.43. The molecule has 1 saturated heterocycles. The van der Waals surface area contributed by atoms with Gasteiger partial charge in [-0.3, -0.25) is 0 Å². The van der Waals surface area contributed by atoms with E-state index < -0.39 is 0 Å². The number of benzene rings is 1. The molecule has 1 aromatic carbocycles. The molecule has 0 spiro atoms. The van der Waals surface area contributed by atoms with E-state index in [1.54, 1.807) is 0 Å². The number of hydrogen-bond donors (Lipinski definition) is 3. The molecule has 0 radical (unpaired) electrons. The van der Waals surface area contributed by atoms with Gasteiger partial charge in [0.05, 0.1) is 5.92 Å². The molecule has 116 valence electrons. The number of likely N-dealkylation sites (tertiary alicyclic amines) is 1. The van der Waals surface area contributed by atoms with Crippen molar-refractivity contribution in [3.63, 3.8) is 0 Å². The number of piperidine rings is 1. The van der Waals surface area contributed by atoms with Gasteiger partial charge in [0.2, 0.25) is 0 Å². The zero-order chi connectivity index (χ0) is 15.2. The van der Waals surface area contributed by atoms with Gasteiger partial charge in [-0.25, -0.2) is 0 Å². The molecule has 1 fully saturated rings. The molecular weight excluding hydrogens is 264 g/mol. The lowest BCUT2D eigenvalue weighted by Crippen LogP contribution is -2.48. The summed E-state index contributed by atoms with van der Waals surface area (Å²) >= 11 is 0. The number of hydrogen-bond acceptors (Lipinski definition) is 4. The second-order valence-corrected chi connectivity index (χ2v) is 6.03. The maximum absolute atomic E-state index is 9.02. The number of nitrogens with two attached hydrogens (primary N) is 1. The van der Waals surface area contributed by atoms with Gasteiger partial charge in [-0.15, -0.1) is 0 Å². The van der Waals surface area contributed by atoms with Crippen molar-refractivity contribution in [1.29, 1.82) is 0 Å². The minimum Gasteiger partial charge on any atom is -0.409 e. The Morgan fingerprint density at radius 2 is 2.19 bits per heavy atom. The molecule has 1 aliphatic heterocycles. The molecule has 2 rings (SSSR count). The van der Waals surface area contributed by atoms with Crippen molar-refractivity contribution in [2.24, 2.45) is 16.8 Å². The van der Waals surface area contributed by atoms with Gasteiger partial charge in [0.1, 0.15) is 5.84 Å². The van der Waals surface area contributed by atoms with Crippen molar-refractivity contribution >= 4 is 5.84 Å². The summed E-state index contributed by atoms with van der Waals surface area (Å²) in [4.78, 5) is 2.36. The summed E-state index contributed by atoms with van der Waals surface area (Å²) in [6.45, 7) is 5.19. The number of nitrogens with zero attached hydrogens (tertiary/aromatic N) is 2. The minimum absolute atomic E-state index is 0.0944. The van der Waals surface area contributed by atoms with E-state index in [2.05, 4.69) is 29.3 Å². The summed E-state index contributed by atoms with van der Waals surface area (Å²) in [5.41, 5.74) is 6.94. The summed E-state index contributed by atoms with van der Waals surface area (Å²) < 4.78 is 0. The summed E-state index contributed by atoms with van der Waals surface area (Å²) in [6.07, 6.45) is 1.13. The minimum atomic E-state index is -0.0944. The number of nitrogens with one attached hydrogen (secondary N) is 1. The van der Waals surface area contributed by atoms with Gasteiger partial charge in [-0.2, -0.15) is 0 Å². The highest BCUT2D eigenvalue weighted by molar-refractivity contribution is 5.87. The fourth-order valence-electron chi connectivity index (χ4n) is 3.07. The van der Waals surface area contributed by atoms with E-state index in [1.165, 1.54) is 0 Å². The smallest absolute Gasteiger partial charge is 0.147 e. The van der Waals surface area contributed by atoms with E-state index in [-0.39, 0.29) is 11.8 Å². The Morgan fingerprint density at radius 3 is 2.81 bits per heavy atom. The van der Waals surface area contributed by atoms with Gasteiger partial charge in [0, 0.05) is 19.1 Å². The van der Waals surface area contributed by atoms with Gasteiger partial charge >= 0.3 is 0 Å². The summed E-state index contributed by atoms with van der Waals surface area (Å²) in [6, 6.07) is 10.4. The number of oxime groups is 1. The highest BCUT2D eigenvalue weighted by Crippen LogP contribution is 2.19. The predicted molar refractivity (Wildman–Crippen MR) is 85.7 cm³/mol. The van der Waals surface area contributed by atoms with Crippen LogP contribution >= 0.6 is 0 Å². The quantitative estimate of drug-likeness (QED) is 0.332. The Labute approximate surface area is 126 Å². The standard InChI is InChI=1S/C16H26N4O/c1-12-11-20(2)9-8-15(12)18-10-14(16(17)19-21)13-6-4-3-5-7-13/h3-7,12,14-15,18,21H,8-11H2,1-2H3,(H2,17,19). The molecule has 1 aromatic rings. The normalized spacial score (nSPS) is 25.7. The van der Waals surface area contributed by atoms with Crippen molar-refractivity contribution in [1.82, 2.24) is 10.2 Å². The van der Waals surface area contributed by atoms with Crippen molar-refractivity contribution in [2.75, 3.05) is 26.7 Å². The van der Waals surface area contributed by atoms with E-state index >= 15 is 0 Å².